The molecule has 0 unspecified atom stereocenters. The fourth-order valence-electron chi connectivity index (χ4n) is 1.55. The van der Waals surface area contributed by atoms with E-state index in [1.807, 2.05) is 20.0 Å². The smallest absolute Gasteiger partial charge is 0.0651 e. The summed E-state index contributed by atoms with van der Waals surface area (Å²) in [5, 5.41) is 3.19. The van der Waals surface area contributed by atoms with Crippen LogP contribution < -0.4 is 5.32 Å². The molecule has 12 heavy (non-hydrogen) atoms. The van der Waals surface area contributed by atoms with Crippen LogP contribution in [0.15, 0.2) is 12.2 Å². The van der Waals surface area contributed by atoms with Gasteiger partial charge < -0.3 is 10.1 Å². The molecular formula is C10H19NO. The van der Waals surface area contributed by atoms with Crippen LogP contribution in [0.3, 0.4) is 0 Å². The van der Waals surface area contributed by atoms with Crippen molar-refractivity contribution in [3.8, 4) is 0 Å². The van der Waals surface area contributed by atoms with E-state index in [0.29, 0.717) is 6.10 Å². The number of hydrogen-bond donors (Lipinski definition) is 1. The van der Waals surface area contributed by atoms with E-state index in [-0.39, 0.29) is 0 Å². The first kappa shape index (κ1) is 9.75. The highest BCUT2D eigenvalue weighted by atomic mass is 16.5. The van der Waals surface area contributed by atoms with Gasteiger partial charge in [0.25, 0.3) is 0 Å². The first-order valence-corrected chi connectivity index (χ1v) is 4.74. The van der Waals surface area contributed by atoms with Crippen molar-refractivity contribution in [2.45, 2.75) is 25.9 Å². The summed E-state index contributed by atoms with van der Waals surface area (Å²) >= 11 is 0. The molecule has 0 aromatic rings. The Morgan fingerprint density at radius 2 is 2.25 bits per heavy atom. The number of ether oxygens (including phenoxy) is 1. The van der Waals surface area contributed by atoms with E-state index in [9.17, 15) is 0 Å². The van der Waals surface area contributed by atoms with Gasteiger partial charge in [0.1, 0.15) is 0 Å². The normalized spacial score (nSPS) is 29.2. The highest BCUT2D eigenvalue weighted by Gasteiger charge is 2.28. The van der Waals surface area contributed by atoms with Crippen molar-refractivity contribution in [3.63, 3.8) is 0 Å². The lowest BCUT2D eigenvalue weighted by Crippen LogP contribution is -2.36. The lowest BCUT2D eigenvalue weighted by Gasteiger charge is -2.34. The topological polar surface area (TPSA) is 21.3 Å². The molecule has 0 heterocycles. The Bertz CT molecular complexity index is 139. The van der Waals surface area contributed by atoms with Crippen LogP contribution >= 0.6 is 0 Å². The van der Waals surface area contributed by atoms with Gasteiger partial charge in [0.2, 0.25) is 0 Å². The van der Waals surface area contributed by atoms with Gasteiger partial charge in [0.05, 0.1) is 12.7 Å². The molecule has 0 radical (unpaired) electrons. The summed E-state index contributed by atoms with van der Waals surface area (Å²) in [6, 6.07) is 0. The summed E-state index contributed by atoms with van der Waals surface area (Å²) < 4.78 is 5.58. The number of allylic oxidation sites excluding steroid dienone is 1. The maximum absolute atomic E-state index is 5.58. The van der Waals surface area contributed by atoms with Gasteiger partial charge in [-0.25, -0.2) is 0 Å². The first-order valence-electron chi connectivity index (χ1n) is 4.74. The molecule has 1 saturated carbocycles. The molecule has 0 aromatic carbocycles. The van der Waals surface area contributed by atoms with Crippen molar-refractivity contribution in [2.75, 3.05) is 20.2 Å². The van der Waals surface area contributed by atoms with Gasteiger partial charge in [-0.1, -0.05) is 12.2 Å². The van der Waals surface area contributed by atoms with E-state index in [4.69, 9.17) is 4.74 Å². The van der Waals surface area contributed by atoms with Crippen molar-refractivity contribution in [2.24, 2.45) is 5.92 Å². The molecular weight excluding hydrogens is 150 g/mol. The molecule has 0 bridgehead atoms. The summed E-state index contributed by atoms with van der Waals surface area (Å²) in [6.07, 6.45) is 7.09. The van der Waals surface area contributed by atoms with Crippen LogP contribution in [0.1, 0.15) is 19.8 Å². The Kier molecular flexibility index (Phi) is 4.33. The molecule has 1 rings (SSSR count). The van der Waals surface area contributed by atoms with Crippen molar-refractivity contribution in [3.05, 3.63) is 12.2 Å². The monoisotopic (exact) mass is 169 g/mol. The summed E-state index contributed by atoms with van der Waals surface area (Å²) in [5.41, 5.74) is 0. The van der Waals surface area contributed by atoms with Crippen molar-refractivity contribution >= 4 is 0 Å². The van der Waals surface area contributed by atoms with Gasteiger partial charge in [-0.05, 0) is 39.3 Å². The summed E-state index contributed by atoms with van der Waals surface area (Å²) in [5.74, 6) is 0.852. The van der Waals surface area contributed by atoms with E-state index in [1.54, 1.807) is 0 Å². The van der Waals surface area contributed by atoms with Crippen LogP contribution in [-0.4, -0.2) is 26.3 Å². The van der Waals surface area contributed by atoms with Crippen molar-refractivity contribution in [1.82, 2.24) is 5.32 Å². The predicted octanol–water partition coefficient (Wildman–Crippen LogP) is 1.58. The van der Waals surface area contributed by atoms with Gasteiger partial charge >= 0.3 is 0 Å². The maximum atomic E-state index is 5.58. The average Bonchev–Trinajstić information content (AvgIpc) is 2.00. The maximum Gasteiger partial charge on any atom is 0.0651 e. The molecule has 0 atom stereocenters. The molecule has 0 amide bonds. The third kappa shape index (κ3) is 2.95. The molecule has 0 aliphatic heterocycles. The van der Waals surface area contributed by atoms with Crippen LogP contribution in [0.2, 0.25) is 0 Å². The second-order valence-corrected chi connectivity index (χ2v) is 3.42. The molecule has 0 aromatic heterocycles. The van der Waals surface area contributed by atoms with Gasteiger partial charge in [0.15, 0.2) is 0 Å². The van der Waals surface area contributed by atoms with Gasteiger partial charge in [-0.2, -0.15) is 0 Å². The standard InChI is InChI=1S/C10H19NO/c1-3-4-5-12-10-6-9(7-10)8-11-2/h3-4,9-11H,5-8H2,1-2H3. The fourth-order valence-corrected chi connectivity index (χ4v) is 1.55. The molecule has 1 N–H and O–H groups in total. The van der Waals surface area contributed by atoms with Crippen LogP contribution in [0.25, 0.3) is 0 Å². The van der Waals surface area contributed by atoms with E-state index in [1.165, 1.54) is 12.8 Å². The van der Waals surface area contributed by atoms with E-state index < -0.39 is 0 Å². The SMILES string of the molecule is CC=CCOC1CC(CNC)C1. The van der Waals surface area contributed by atoms with E-state index in [0.717, 1.165) is 19.1 Å². The van der Waals surface area contributed by atoms with Crippen LogP contribution in [0, 0.1) is 5.92 Å². The van der Waals surface area contributed by atoms with E-state index >= 15 is 0 Å². The Balaban J connectivity index is 1.94. The number of hydrogen-bond acceptors (Lipinski definition) is 2. The highest BCUT2D eigenvalue weighted by Crippen LogP contribution is 2.29. The molecule has 2 nitrogen and oxygen atoms in total. The Hall–Kier alpha value is -0.340. The zero-order chi connectivity index (χ0) is 8.81. The third-order valence-corrected chi connectivity index (χ3v) is 2.35. The molecule has 70 valence electrons. The lowest BCUT2D eigenvalue weighted by molar-refractivity contribution is -0.0161. The third-order valence-electron chi connectivity index (χ3n) is 2.35. The largest absolute Gasteiger partial charge is 0.374 e. The molecule has 1 fully saturated rings. The second-order valence-electron chi connectivity index (χ2n) is 3.42. The summed E-state index contributed by atoms with van der Waals surface area (Å²) in [6.45, 7) is 3.95. The average molecular weight is 169 g/mol. The lowest BCUT2D eigenvalue weighted by atomic mass is 9.82. The number of rotatable bonds is 5. The van der Waals surface area contributed by atoms with Crippen LogP contribution in [0.4, 0.5) is 0 Å². The Morgan fingerprint density at radius 3 is 2.83 bits per heavy atom. The Morgan fingerprint density at radius 1 is 1.50 bits per heavy atom. The first-order chi connectivity index (χ1) is 5.86. The van der Waals surface area contributed by atoms with Gasteiger partial charge in [-0.15, -0.1) is 0 Å². The minimum absolute atomic E-state index is 0.527. The zero-order valence-electron chi connectivity index (χ0n) is 8.05. The molecule has 1 aliphatic rings. The quantitative estimate of drug-likeness (QED) is 0.631. The second kappa shape index (κ2) is 5.33. The minimum Gasteiger partial charge on any atom is -0.374 e. The Labute approximate surface area is 75.0 Å². The predicted molar refractivity (Wildman–Crippen MR) is 51.2 cm³/mol. The van der Waals surface area contributed by atoms with Gasteiger partial charge in [0, 0.05) is 0 Å². The van der Waals surface area contributed by atoms with Gasteiger partial charge in [-0.3, -0.25) is 0 Å². The summed E-state index contributed by atoms with van der Waals surface area (Å²) in [4.78, 5) is 0. The summed E-state index contributed by atoms with van der Waals surface area (Å²) in [7, 11) is 2.01. The molecule has 1 aliphatic carbocycles. The van der Waals surface area contributed by atoms with E-state index in [2.05, 4.69) is 11.4 Å². The molecule has 0 spiro atoms. The van der Waals surface area contributed by atoms with Crippen molar-refractivity contribution in [1.29, 1.82) is 0 Å². The fraction of sp³-hybridized carbons (Fsp3) is 0.800. The van der Waals surface area contributed by atoms with Crippen molar-refractivity contribution < 1.29 is 4.74 Å². The number of nitrogens with one attached hydrogen (secondary N) is 1. The highest BCUT2D eigenvalue weighted by molar-refractivity contribution is 4.83. The van der Waals surface area contributed by atoms with Crippen LogP contribution in [0.5, 0.6) is 0 Å². The molecule has 2 heteroatoms. The molecule has 0 saturated heterocycles. The van der Waals surface area contributed by atoms with Crippen LogP contribution in [-0.2, 0) is 4.74 Å². The minimum atomic E-state index is 0.527. The zero-order valence-corrected chi connectivity index (χ0v) is 8.05.